The van der Waals surface area contributed by atoms with Crippen LogP contribution >= 0.6 is 0 Å². The molecule has 0 spiro atoms. The Morgan fingerprint density at radius 3 is 2.52 bits per heavy atom. The van der Waals surface area contributed by atoms with Crippen LogP contribution in [-0.2, 0) is 13.1 Å². The number of hydrogen-bond donors (Lipinski definition) is 2. The van der Waals surface area contributed by atoms with Crippen molar-refractivity contribution in [1.29, 1.82) is 0 Å². The lowest BCUT2D eigenvalue weighted by Gasteiger charge is -2.19. The summed E-state index contributed by atoms with van der Waals surface area (Å²) in [4.78, 5) is 11.5. The number of rotatable bonds is 5. The first kappa shape index (κ1) is 17.3. The van der Waals surface area contributed by atoms with Crippen LogP contribution in [0.3, 0.4) is 0 Å². The Labute approximate surface area is 167 Å². The molecule has 29 heavy (non-hydrogen) atoms. The number of aromatic nitrogens is 4. The van der Waals surface area contributed by atoms with E-state index in [1.165, 1.54) is 11.1 Å². The summed E-state index contributed by atoms with van der Waals surface area (Å²) in [6, 6.07) is 14.3. The molecule has 0 amide bonds. The fourth-order valence-corrected chi connectivity index (χ4v) is 3.60. The van der Waals surface area contributed by atoms with Gasteiger partial charge in [0, 0.05) is 24.2 Å². The lowest BCUT2D eigenvalue weighted by atomic mass is 10.1. The van der Waals surface area contributed by atoms with Crippen LogP contribution in [0.2, 0.25) is 0 Å². The molecule has 0 fully saturated rings. The van der Waals surface area contributed by atoms with Gasteiger partial charge in [0.15, 0.2) is 5.82 Å². The standard InChI is InChI=1S/C21H20N6O2/c1-28-18-19(23-16-7-8-17-15(9-16)10-22-26-17)24-21(25-20(18)29-2)27-11-13-5-3-4-6-14(13)12-27/h3-10H,11-12H2,1-2H3,(H,22,26)(H,23,24,25). The van der Waals surface area contributed by atoms with E-state index in [0.717, 1.165) is 29.7 Å². The Morgan fingerprint density at radius 1 is 1.00 bits per heavy atom. The van der Waals surface area contributed by atoms with Gasteiger partial charge in [-0.15, -0.1) is 0 Å². The molecule has 1 aliphatic heterocycles. The number of aromatic amines is 1. The molecule has 8 heteroatoms. The molecule has 2 aromatic carbocycles. The van der Waals surface area contributed by atoms with E-state index in [4.69, 9.17) is 14.5 Å². The van der Waals surface area contributed by atoms with Crippen LogP contribution in [0.25, 0.3) is 10.9 Å². The molecule has 2 N–H and O–H groups in total. The first-order valence-electron chi connectivity index (χ1n) is 9.27. The zero-order chi connectivity index (χ0) is 19.8. The van der Waals surface area contributed by atoms with Crippen molar-refractivity contribution in [1.82, 2.24) is 20.2 Å². The van der Waals surface area contributed by atoms with Crippen LogP contribution in [0.5, 0.6) is 11.6 Å². The summed E-state index contributed by atoms with van der Waals surface area (Å²) in [5.74, 6) is 1.99. The molecule has 0 bridgehead atoms. The zero-order valence-corrected chi connectivity index (χ0v) is 16.1. The Morgan fingerprint density at radius 2 is 1.79 bits per heavy atom. The van der Waals surface area contributed by atoms with Crippen molar-refractivity contribution < 1.29 is 9.47 Å². The molecule has 0 saturated carbocycles. The van der Waals surface area contributed by atoms with Gasteiger partial charge in [-0.3, -0.25) is 5.10 Å². The molecule has 146 valence electrons. The van der Waals surface area contributed by atoms with Gasteiger partial charge < -0.3 is 19.7 Å². The summed E-state index contributed by atoms with van der Waals surface area (Å²) in [7, 11) is 3.16. The number of hydrogen-bond acceptors (Lipinski definition) is 7. The average Bonchev–Trinajstić information content (AvgIpc) is 3.39. The van der Waals surface area contributed by atoms with Crippen molar-refractivity contribution >= 4 is 28.4 Å². The second kappa shape index (κ2) is 6.97. The Kier molecular flexibility index (Phi) is 4.16. The number of nitrogens with one attached hydrogen (secondary N) is 2. The minimum atomic E-state index is 0.389. The normalized spacial score (nSPS) is 12.8. The van der Waals surface area contributed by atoms with E-state index in [1.807, 2.05) is 18.2 Å². The fourth-order valence-electron chi connectivity index (χ4n) is 3.60. The van der Waals surface area contributed by atoms with E-state index in [0.29, 0.717) is 23.4 Å². The fraction of sp³-hybridized carbons (Fsp3) is 0.190. The van der Waals surface area contributed by atoms with Crippen LogP contribution in [0.4, 0.5) is 17.5 Å². The molecule has 0 radical (unpaired) electrons. The minimum absolute atomic E-state index is 0.389. The summed E-state index contributed by atoms with van der Waals surface area (Å²) in [5, 5.41) is 11.4. The van der Waals surface area contributed by atoms with Gasteiger partial charge >= 0.3 is 0 Å². The first-order valence-corrected chi connectivity index (χ1v) is 9.27. The van der Waals surface area contributed by atoms with E-state index in [-0.39, 0.29) is 0 Å². The van der Waals surface area contributed by atoms with E-state index in [2.05, 4.69) is 49.7 Å². The Hall–Kier alpha value is -3.81. The maximum absolute atomic E-state index is 5.54. The Balaban J connectivity index is 1.52. The number of fused-ring (bicyclic) bond motifs is 2. The molecule has 5 rings (SSSR count). The van der Waals surface area contributed by atoms with E-state index >= 15 is 0 Å². The van der Waals surface area contributed by atoms with Gasteiger partial charge in [0.1, 0.15) is 0 Å². The molecule has 2 aromatic heterocycles. The molecule has 0 atom stereocenters. The highest BCUT2D eigenvalue weighted by molar-refractivity contribution is 5.83. The maximum atomic E-state index is 5.54. The highest BCUT2D eigenvalue weighted by atomic mass is 16.5. The Bertz CT molecular complexity index is 1160. The van der Waals surface area contributed by atoms with Gasteiger partial charge in [-0.05, 0) is 29.3 Å². The predicted molar refractivity (Wildman–Crippen MR) is 111 cm³/mol. The van der Waals surface area contributed by atoms with Gasteiger partial charge in [0.2, 0.25) is 11.7 Å². The number of nitrogens with zero attached hydrogens (tertiary/aromatic N) is 4. The smallest absolute Gasteiger partial charge is 0.264 e. The molecular formula is C21H20N6O2. The lowest BCUT2D eigenvalue weighted by molar-refractivity contribution is 0.342. The molecular weight excluding hydrogens is 368 g/mol. The van der Waals surface area contributed by atoms with Gasteiger partial charge in [0.05, 0.1) is 25.9 Å². The monoisotopic (exact) mass is 388 g/mol. The van der Waals surface area contributed by atoms with Crippen molar-refractivity contribution in [3.63, 3.8) is 0 Å². The zero-order valence-electron chi connectivity index (χ0n) is 16.1. The van der Waals surface area contributed by atoms with Crippen molar-refractivity contribution in [2.24, 2.45) is 0 Å². The number of anilines is 3. The summed E-state index contributed by atoms with van der Waals surface area (Å²) in [5.41, 5.74) is 4.41. The molecule has 0 unspecified atom stereocenters. The molecule has 1 aliphatic rings. The third kappa shape index (κ3) is 3.08. The largest absolute Gasteiger partial charge is 0.489 e. The molecule has 0 saturated heterocycles. The minimum Gasteiger partial charge on any atom is -0.489 e. The van der Waals surface area contributed by atoms with Crippen LogP contribution in [0.1, 0.15) is 11.1 Å². The van der Waals surface area contributed by atoms with Crippen molar-refractivity contribution in [3.05, 3.63) is 59.8 Å². The summed E-state index contributed by atoms with van der Waals surface area (Å²) < 4.78 is 11.0. The third-order valence-electron chi connectivity index (χ3n) is 5.05. The van der Waals surface area contributed by atoms with Crippen LogP contribution in [0.15, 0.2) is 48.7 Å². The number of ether oxygens (including phenoxy) is 2. The van der Waals surface area contributed by atoms with Gasteiger partial charge in [0.25, 0.3) is 5.88 Å². The quantitative estimate of drug-likeness (QED) is 0.540. The SMILES string of the molecule is COc1nc(N2Cc3ccccc3C2)nc(Nc2ccc3[nH]ncc3c2)c1OC. The van der Waals surface area contributed by atoms with Crippen LogP contribution in [-0.4, -0.2) is 34.4 Å². The summed E-state index contributed by atoms with van der Waals surface area (Å²) in [6.45, 7) is 1.51. The third-order valence-corrected chi connectivity index (χ3v) is 5.05. The second-order valence-corrected chi connectivity index (χ2v) is 6.84. The van der Waals surface area contributed by atoms with Crippen LogP contribution < -0.4 is 19.7 Å². The highest BCUT2D eigenvalue weighted by Crippen LogP contribution is 2.37. The van der Waals surface area contributed by atoms with Crippen molar-refractivity contribution in [3.8, 4) is 11.6 Å². The first-order chi connectivity index (χ1) is 14.2. The molecule has 0 aliphatic carbocycles. The highest BCUT2D eigenvalue weighted by Gasteiger charge is 2.24. The van der Waals surface area contributed by atoms with E-state index in [9.17, 15) is 0 Å². The molecule has 4 aromatic rings. The summed E-state index contributed by atoms with van der Waals surface area (Å²) >= 11 is 0. The van der Waals surface area contributed by atoms with Crippen LogP contribution in [0, 0.1) is 0 Å². The van der Waals surface area contributed by atoms with Gasteiger partial charge in [-0.1, -0.05) is 24.3 Å². The van der Waals surface area contributed by atoms with Gasteiger partial charge in [-0.25, -0.2) is 0 Å². The number of methoxy groups -OCH3 is 2. The predicted octanol–water partition coefficient (Wildman–Crippen LogP) is 3.63. The van der Waals surface area contributed by atoms with Crippen molar-refractivity contribution in [2.45, 2.75) is 13.1 Å². The summed E-state index contributed by atoms with van der Waals surface area (Å²) in [6.07, 6.45) is 1.78. The topological polar surface area (TPSA) is 88.2 Å². The number of H-pyrrole nitrogens is 1. The number of benzene rings is 2. The maximum Gasteiger partial charge on any atom is 0.264 e. The van der Waals surface area contributed by atoms with Crippen molar-refractivity contribution in [2.75, 3.05) is 24.4 Å². The molecule has 3 heterocycles. The van der Waals surface area contributed by atoms with Gasteiger partial charge in [-0.2, -0.15) is 15.1 Å². The lowest BCUT2D eigenvalue weighted by Crippen LogP contribution is -2.19. The van der Waals surface area contributed by atoms with E-state index in [1.54, 1.807) is 20.4 Å². The van der Waals surface area contributed by atoms with E-state index < -0.39 is 0 Å². The second-order valence-electron chi connectivity index (χ2n) is 6.84. The average molecular weight is 388 g/mol. The molecule has 8 nitrogen and oxygen atoms in total.